The van der Waals surface area contributed by atoms with E-state index in [1.807, 2.05) is 6.92 Å². The lowest BCUT2D eigenvalue weighted by Gasteiger charge is -2.06. The first kappa shape index (κ1) is 12.1. The standard InChI is InChI=1S/C10H10BrN3O2S/c1-7-2-4-8(5-3-7)17(15,16)14-10-9(11)6-12-13-10/h2-6H,1H3,(H2,12,13,14). The molecule has 0 spiro atoms. The summed E-state index contributed by atoms with van der Waals surface area (Å²) < 4.78 is 26.9. The molecule has 0 amide bonds. The molecule has 0 radical (unpaired) electrons. The van der Waals surface area contributed by atoms with Gasteiger partial charge in [0.15, 0.2) is 0 Å². The summed E-state index contributed by atoms with van der Waals surface area (Å²) in [7, 11) is -3.57. The summed E-state index contributed by atoms with van der Waals surface area (Å²) in [6, 6.07) is 6.61. The van der Waals surface area contributed by atoms with Crippen LogP contribution in [0.5, 0.6) is 0 Å². The molecular weight excluding hydrogens is 306 g/mol. The van der Waals surface area contributed by atoms with Crippen molar-refractivity contribution in [2.24, 2.45) is 0 Å². The molecule has 5 nitrogen and oxygen atoms in total. The first-order valence-electron chi connectivity index (χ1n) is 4.77. The van der Waals surface area contributed by atoms with Crippen LogP contribution >= 0.6 is 15.9 Å². The van der Waals surface area contributed by atoms with E-state index in [-0.39, 0.29) is 4.90 Å². The molecule has 17 heavy (non-hydrogen) atoms. The van der Waals surface area contributed by atoms with Gasteiger partial charge in [0, 0.05) is 0 Å². The van der Waals surface area contributed by atoms with Gasteiger partial charge in [0.05, 0.1) is 15.6 Å². The molecule has 0 aliphatic carbocycles. The second kappa shape index (κ2) is 4.50. The van der Waals surface area contributed by atoms with Crippen LogP contribution in [0.15, 0.2) is 39.8 Å². The smallest absolute Gasteiger partial charge is 0.263 e. The van der Waals surface area contributed by atoms with Crippen LogP contribution in [-0.2, 0) is 10.0 Å². The minimum atomic E-state index is -3.57. The molecule has 2 aromatic rings. The van der Waals surface area contributed by atoms with Gasteiger partial charge in [0.2, 0.25) is 0 Å². The SMILES string of the molecule is Cc1ccc(S(=O)(=O)Nc2[nH]ncc2Br)cc1. The lowest BCUT2D eigenvalue weighted by molar-refractivity contribution is 0.601. The first-order valence-corrected chi connectivity index (χ1v) is 7.05. The maximum atomic E-state index is 12.0. The maximum absolute atomic E-state index is 12.0. The Morgan fingerprint density at radius 3 is 2.47 bits per heavy atom. The minimum absolute atomic E-state index is 0.213. The fourth-order valence-electron chi connectivity index (χ4n) is 1.25. The van der Waals surface area contributed by atoms with Crippen molar-refractivity contribution in [2.75, 3.05) is 4.72 Å². The number of aryl methyl sites for hydroxylation is 1. The highest BCUT2D eigenvalue weighted by molar-refractivity contribution is 9.10. The third kappa shape index (κ3) is 2.67. The van der Waals surface area contributed by atoms with E-state index in [1.54, 1.807) is 24.3 Å². The molecule has 0 aliphatic heterocycles. The van der Waals surface area contributed by atoms with Gasteiger partial charge in [-0.05, 0) is 35.0 Å². The zero-order chi connectivity index (χ0) is 12.5. The number of rotatable bonds is 3. The van der Waals surface area contributed by atoms with Crippen LogP contribution < -0.4 is 4.72 Å². The Balaban J connectivity index is 2.31. The number of hydrogen-bond donors (Lipinski definition) is 2. The van der Waals surface area contributed by atoms with E-state index >= 15 is 0 Å². The predicted octanol–water partition coefficient (Wildman–Crippen LogP) is 2.28. The average Bonchev–Trinajstić information content (AvgIpc) is 2.64. The molecule has 2 N–H and O–H groups in total. The van der Waals surface area contributed by atoms with Gasteiger partial charge in [-0.2, -0.15) is 5.10 Å². The Hall–Kier alpha value is -1.34. The van der Waals surface area contributed by atoms with Gasteiger partial charge in [-0.1, -0.05) is 17.7 Å². The molecule has 1 heterocycles. The second-order valence-corrected chi connectivity index (χ2v) is 6.05. The van der Waals surface area contributed by atoms with E-state index in [9.17, 15) is 8.42 Å². The number of halogens is 1. The quantitative estimate of drug-likeness (QED) is 0.912. The molecule has 1 aromatic carbocycles. The van der Waals surface area contributed by atoms with Crippen molar-refractivity contribution < 1.29 is 8.42 Å². The van der Waals surface area contributed by atoms with E-state index in [1.165, 1.54) is 6.20 Å². The Kier molecular flexibility index (Phi) is 3.21. The number of H-pyrrole nitrogens is 1. The number of sulfonamides is 1. The van der Waals surface area contributed by atoms with Crippen LogP contribution in [0.3, 0.4) is 0 Å². The summed E-state index contributed by atoms with van der Waals surface area (Å²) in [4.78, 5) is 0.213. The maximum Gasteiger partial charge on any atom is 0.263 e. The van der Waals surface area contributed by atoms with Gasteiger partial charge in [0.1, 0.15) is 5.82 Å². The Bertz CT molecular complexity index is 619. The van der Waals surface area contributed by atoms with Crippen LogP contribution in [0.2, 0.25) is 0 Å². The Morgan fingerprint density at radius 2 is 1.94 bits per heavy atom. The highest BCUT2D eigenvalue weighted by Crippen LogP contribution is 2.21. The summed E-state index contributed by atoms with van der Waals surface area (Å²) in [5.41, 5.74) is 1.01. The number of nitrogens with zero attached hydrogens (tertiary/aromatic N) is 1. The van der Waals surface area contributed by atoms with Crippen LogP contribution in [0.25, 0.3) is 0 Å². The van der Waals surface area contributed by atoms with Crippen molar-refractivity contribution in [2.45, 2.75) is 11.8 Å². The highest BCUT2D eigenvalue weighted by atomic mass is 79.9. The lowest BCUT2D eigenvalue weighted by atomic mass is 10.2. The van der Waals surface area contributed by atoms with Crippen molar-refractivity contribution in [1.29, 1.82) is 0 Å². The molecule has 0 saturated heterocycles. The van der Waals surface area contributed by atoms with Gasteiger partial charge >= 0.3 is 0 Å². The third-order valence-corrected chi connectivity index (χ3v) is 4.13. The molecule has 2 rings (SSSR count). The van der Waals surface area contributed by atoms with Gasteiger partial charge in [-0.15, -0.1) is 0 Å². The topological polar surface area (TPSA) is 74.8 Å². The highest BCUT2D eigenvalue weighted by Gasteiger charge is 2.16. The number of benzene rings is 1. The normalized spacial score (nSPS) is 11.4. The molecule has 0 aliphatic rings. The van der Waals surface area contributed by atoms with Crippen LogP contribution in [0.4, 0.5) is 5.82 Å². The average molecular weight is 316 g/mol. The number of anilines is 1. The zero-order valence-electron chi connectivity index (χ0n) is 8.94. The van der Waals surface area contributed by atoms with Crippen molar-refractivity contribution in [3.63, 3.8) is 0 Å². The van der Waals surface area contributed by atoms with Gasteiger partial charge < -0.3 is 0 Å². The fraction of sp³-hybridized carbons (Fsp3) is 0.100. The number of hydrogen-bond acceptors (Lipinski definition) is 3. The van der Waals surface area contributed by atoms with Gasteiger partial charge in [0.25, 0.3) is 10.0 Å². The molecule has 7 heteroatoms. The molecule has 0 fully saturated rings. The van der Waals surface area contributed by atoms with Crippen molar-refractivity contribution in [1.82, 2.24) is 10.2 Å². The molecule has 0 bridgehead atoms. The van der Waals surface area contributed by atoms with E-state index in [2.05, 4.69) is 30.8 Å². The van der Waals surface area contributed by atoms with Gasteiger partial charge in [-0.3, -0.25) is 9.82 Å². The third-order valence-electron chi connectivity index (χ3n) is 2.16. The van der Waals surface area contributed by atoms with Crippen molar-refractivity contribution in [3.05, 3.63) is 40.5 Å². The van der Waals surface area contributed by atoms with Gasteiger partial charge in [-0.25, -0.2) is 8.42 Å². The van der Waals surface area contributed by atoms with Crippen LogP contribution in [0, 0.1) is 6.92 Å². The lowest BCUT2D eigenvalue weighted by Crippen LogP contribution is -2.13. The Labute approximate surface area is 107 Å². The predicted molar refractivity (Wildman–Crippen MR) is 68.3 cm³/mol. The van der Waals surface area contributed by atoms with E-state index < -0.39 is 10.0 Å². The zero-order valence-corrected chi connectivity index (χ0v) is 11.3. The summed E-state index contributed by atoms with van der Waals surface area (Å²) in [5, 5.41) is 6.27. The number of nitrogens with one attached hydrogen (secondary N) is 2. The summed E-state index contributed by atoms with van der Waals surface area (Å²) in [5.74, 6) is 0.311. The number of aromatic nitrogens is 2. The molecular formula is C10H10BrN3O2S. The summed E-state index contributed by atoms with van der Waals surface area (Å²) in [6.07, 6.45) is 1.48. The molecule has 90 valence electrons. The molecule has 0 saturated carbocycles. The van der Waals surface area contributed by atoms with Crippen molar-refractivity contribution >= 4 is 31.8 Å². The van der Waals surface area contributed by atoms with Crippen LogP contribution in [0.1, 0.15) is 5.56 Å². The van der Waals surface area contributed by atoms with E-state index in [4.69, 9.17) is 0 Å². The largest absolute Gasteiger partial charge is 0.263 e. The Morgan fingerprint density at radius 1 is 1.29 bits per heavy atom. The summed E-state index contributed by atoms with van der Waals surface area (Å²) >= 11 is 3.18. The van der Waals surface area contributed by atoms with Crippen molar-refractivity contribution in [3.8, 4) is 0 Å². The van der Waals surface area contributed by atoms with E-state index in [0.717, 1.165) is 5.56 Å². The second-order valence-electron chi connectivity index (χ2n) is 3.51. The van der Waals surface area contributed by atoms with Crippen LogP contribution in [-0.4, -0.2) is 18.6 Å². The van der Waals surface area contributed by atoms with E-state index in [0.29, 0.717) is 10.3 Å². The summed E-state index contributed by atoms with van der Waals surface area (Å²) in [6.45, 7) is 1.90. The number of aromatic amines is 1. The fourth-order valence-corrected chi connectivity index (χ4v) is 2.71. The molecule has 0 unspecified atom stereocenters. The molecule has 1 aromatic heterocycles. The first-order chi connectivity index (χ1) is 7.99. The minimum Gasteiger partial charge on any atom is -0.263 e. The molecule has 0 atom stereocenters. The monoisotopic (exact) mass is 315 g/mol.